The summed E-state index contributed by atoms with van der Waals surface area (Å²) in [5, 5.41) is 0. The van der Waals surface area contributed by atoms with Crippen LogP contribution < -0.4 is 11.5 Å². The standard InChI is InChI=1S/C6H11N3/c1-5(7)9-4-2-3-6(9)8/h2-5H,7-8H2,1H3. The largest absolute Gasteiger partial charge is 0.385 e. The van der Waals surface area contributed by atoms with E-state index in [-0.39, 0.29) is 6.17 Å². The number of aromatic nitrogens is 1. The third kappa shape index (κ3) is 1.05. The van der Waals surface area contributed by atoms with Crippen molar-refractivity contribution in [1.82, 2.24) is 4.57 Å². The topological polar surface area (TPSA) is 57.0 Å². The molecule has 3 nitrogen and oxygen atoms in total. The van der Waals surface area contributed by atoms with Gasteiger partial charge in [-0.2, -0.15) is 0 Å². The summed E-state index contributed by atoms with van der Waals surface area (Å²) in [6.45, 7) is 1.89. The second-order valence-corrected chi connectivity index (χ2v) is 2.08. The molecule has 4 N–H and O–H groups in total. The van der Waals surface area contributed by atoms with Gasteiger partial charge in [-0.3, -0.25) is 0 Å². The first-order valence-corrected chi connectivity index (χ1v) is 2.89. The molecular formula is C6H11N3. The van der Waals surface area contributed by atoms with Gasteiger partial charge in [0.05, 0.1) is 6.17 Å². The quantitative estimate of drug-likeness (QED) is 0.575. The van der Waals surface area contributed by atoms with Crippen molar-refractivity contribution >= 4 is 5.82 Å². The van der Waals surface area contributed by atoms with Crippen LogP contribution >= 0.6 is 0 Å². The minimum absolute atomic E-state index is 0.0278. The number of hydrogen-bond acceptors (Lipinski definition) is 2. The van der Waals surface area contributed by atoms with Gasteiger partial charge in [0.2, 0.25) is 0 Å². The van der Waals surface area contributed by atoms with Gasteiger partial charge in [-0.05, 0) is 19.1 Å². The van der Waals surface area contributed by atoms with Gasteiger partial charge in [0.25, 0.3) is 0 Å². The smallest absolute Gasteiger partial charge is 0.104 e. The molecule has 9 heavy (non-hydrogen) atoms. The van der Waals surface area contributed by atoms with Crippen molar-refractivity contribution in [2.75, 3.05) is 5.73 Å². The van der Waals surface area contributed by atoms with Gasteiger partial charge in [0.15, 0.2) is 0 Å². The molecule has 0 aliphatic carbocycles. The van der Waals surface area contributed by atoms with E-state index in [4.69, 9.17) is 11.5 Å². The van der Waals surface area contributed by atoms with Gasteiger partial charge in [-0.25, -0.2) is 0 Å². The third-order valence-corrected chi connectivity index (χ3v) is 1.25. The third-order valence-electron chi connectivity index (χ3n) is 1.25. The lowest BCUT2D eigenvalue weighted by molar-refractivity contribution is 0.582. The van der Waals surface area contributed by atoms with Gasteiger partial charge in [-0.1, -0.05) is 0 Å². The fourth-order valence-corrected chi connectivity index (χ4v) is 0.777. The van der Waals surface area contributed by atoms with Crippen molar-refractivity contribution in [1.29, 1.82) is 0 Å². The molecule has 0 spiro atoms. The zero-order valence-electron chi connectivity index (χ0n) is 5.41. The summed E-state index contributed by atoms with van der Waals surface area (Å²) in [4.78, 5) is 0. The highest BCUT2D eigenvalue weighted by Crippen LogP contribution is 2.07. The lowest BCUT2D eigenvalue weighted by Gasteiger charge is -2.08. The minimum Gasteiger partial charge on any atom is -0.385 e. The zero-order chi connectivity index (χ0) is 6.85. The van der Waals surface area contributed by atoms with Crippen molar-refractivity contribution in [3.05, 3.63) is 18.3 Å². The van der Waals surface area contributed by atoms with Gasteiger partial charge in [0, 0.05) is 6.20 Å². The van der Waals surface area contributed by atoms with Gasteiger partial charge < -0.3 is 16.0 Å². The van der Waals surface area contributed by atoms with Crippen LogP contribution in [0.5, 0.6) is 0 Å². The molecule has 1 aromatic rings. The SMILES string of the molecule is CC(N)n1cccc1N. The molecule has 1 atom stereocenters. The number of nitrogen functional groups attached to an aromatic ring is 1. The van der Waals surface area contributed by atoms with Crippen LogP contribution in [0.4, 0.5) is 5.82 Å². The van der Waals surface area contributed by atoms with E-state index >= 15 is 0 Å². The Morgan fingerprint density at radius 2 is 2.33 bits per heavy atom. The second-order valence-electron chi connectivity index (χ2n) is 2.08. The number of nitrogens with zero attached hydrogens (tertiary/aromatic N) is 1. The molecule has 0 fully saturated rings. The van der Waals surface area contributed by atoms with Gasteiger partial charge in [-0.15, -0.1) is 0 Å². The molecule has 1 unspecified atom stereocenters. The van der Waals surface area contributed by atoms with E-state index in [1.165, 1.54) is 0 Å². The predicted molar refractivity (Wildman–Crippen MR) is 37.7 cm³/mol. The molecule has 1 aromatic heterocycles. The first-order chi connectivity index (χ1) is 4.22. The highest BCUT2D eigenvalue weighted by Gasteiger charge is 1.97. The van der Waals surface area contributed by atoms with Crippen molar-refractivity contribution in [2.45, 2.75) is 13.1 Å². The number of hydrogen-bond donors (Lipinski definition) is 2. The van der Waals surface area contributed by atoms with Crippen LogP contribution in [-0.2, 0) is 0 Å². The van der Waals surface area contributed by atoms with Gasteiger partial charge in [0.1, 0.15) is 5.82 Å². The van der Waals surface area contributed by atoms with Crippen LogP contribution in [0.1, 0.15) is 13.1 Å². The maximum Gasteiger partial charge on any atom is 0.104 e. The zero-order valence-corrected chi connectivity index (χ0v) is 5.41. The predicted octanol–water partition coefficient (Wildman–Crippen LogP) is 0.548. The lowest BCUT2D eigenvalue weighted by atomic mass is 10.6. The Kier molecular flexibility index (Phi) is 1.44. The highest BCUT2D eigenvalue weighted by atomic mass is 15.1. The van der Waals surface area contributed by atoms with Crippen LogP contribution in [0.25, 0.3) is 0 Å². The van der Waals surface area contributed by atoms with E-state index < -0.39 is 0 Å². The minimum atomic E-state index is -0.0278. The fraction of sp³-hybridized carbons (Fsp3) is 0.333. The van der Waals surface area contributed by atoms with Gasteiger partial charge >= 0.3 is 0 Å². The average Bonchev–Trinajstić information content (AvgIpc) is 2.13. The summed E-state index contributed by atoms with van der Waals surface area (Å²) in [7, 11) is 0. The Labute approximate surface area is 54.3 Å². The average molecular weight is 125 g/mol. The van der Waals surface area contributed by atoms with Crippen LogP contribution in [0, 0.1) is 0 Å². The van der Waals surface area contributed by atoms with E-state index in [1.54, 1.807) is 4.57 Å². The van der Waals surface area contributed by atoms with Crippen LogP contribution in [0.3, 0.4) is 0 Å². The van der Waals surface area contributed by atoms with E-state index in [0.717, 1.165) is 0 Å². The fourth-order valence-electron chi connectivity index (χ4n) is 0.777. The molecule has 0 saturated heterocycles. The van der Waals surface area contributed by atoms with Crippen molar-refractivity contribution in [3.8, 4) is 0 Å². The first-order valence-electron chi connectivity index (χ1n) is 2.89. The van der Waals surface area contributed by atoms with Crippen molar-refractivity contribution in [3.63, 3.8) is 0 Å². The van der Waals surface area contributed by atoms with E-state index in [2.05, 4.69) is 0 Å². The van der Waals surface area contributed by atoms with E-state index in [0.29, 0.717) is 5.82 Å². The summed E-state index contributed by atoms with van der Waals surface area (Å²) in [6.07, 6.45) is 1.83. The number of anilines is 1. The highest BCUT2D eigenvalue weighted by molar-refractivity contribution is 5.30. The number of rotatable bonds is 1. The van der Waals surface area contributed by atoms with Crippen LogP contribution in [0.15, 0.2) is 18.3 Å². The summed E-state index contributed by atoms with van der Waals surface area (Å²) >= 11 is 0. The summed E-state index contributed by atoms with van der Waals surface area (Å²) in [5.74, 6) is 0.713. The molecule has 1 heterocycles. The Hall–Kier alpha value is -0.960. The Bertz CT molecular complexity index is 190. The normalized spacial score (nSPS) is 13.6. The number of nitrogens with two attached hydrogens (primary N) is 2. The second kappa shape index (κ2) is 2.11. The Balaban J connectivity index is 2.94. The van der Waals surface area contributed by atoms with E-state index in [1.807, 2.05) is 25.3 Å². The molecule has 0 aliphatic heterocycles. The molecule has 1 rings (SSSR count). The molecule has 0 bridgehead atoms. The lowest BCUT2D eigenvalue weighted by Crippen LogP contribution is -2.15. The molecule has 0 aliphatic rings. The molecule has 50 valence electrons. The van der Waals surface area contributed by atoms with Crippen LogP contribution in [-0.4, -0.2) is 4.57 Å². The van der Waals surface area contributed by atoms with Crippen molar-refractivity contribution in [2.24, 2.45) is 5.73 Å². The molecule has 0 aromatic carbocycles. The maximum absolute atomic E-state index is 5.54. The molecule has 3 heteroatoms. The first kappa shape index (κ1) is 6.16. The van der Waals surface area contributed by atoms with E-state index in [9.17, 15) is 0 Å². The summed E-state index contributed by atoms with van der Waals surface area (Å²) in [6, 6.07) is 3.70. The van der Waals surface area contributed by atoms with Crippen molar-refractivity contribution < 1.29 is 0 Å². The molecule has 0 saturated carbocycles. The summed E-state index contributed by atoms with van der Waals surface area (Å²) in [5.41, 5.74) is 11.1. The van der Waals surface area contributed by atoms with Crippen LogP contribution in [0.2, 0.25) is 0 Å². The Morgan fingerprint density at radius 1 is 1.67 bits per heavy atom. The maximum atomic E-state index is 5.54. The summed E-state index contributed by atoms with van der Waals surface area (Å²) < 4.78 is 1.81. The molecule has 0 radical (unpaired) electrons. The molecule has 0 amide bonds. The molecular weight excluding hydrogens is 114 g/mol. The Morgan fingerprint density at radius 3 is 2.56 bits per heavy atom. The monoisotopic (exact) mass is 125 g/mol.